The first-order valence-electron chi connectivity index (χ1n) is 17.3. The van der Waals surface area contributed by atoms with E-state index in [1.165, 1.54) is 24.3 Å². The number of benzene rings is 4. The second-order valence-corrected chi connectivity index (χ2v) is 15.6. The lowest BCUT2D eigenvalue weighted by atomic mass is 9.87. The maximum absolute atomic E-state index is 11.8. The molecule has 1 aliphatic rings. The number of rotatable bonds is 13. The fourth-order valence-corrected chi connectivity index (χ4v) is 7.57. The van der Waals surface area contributed by atoms with Gasteiger partial charge in [-0.25, -0.2) is 4.58 Å². The second-order valence-electron chi connectivity index (χ2n) is 12.8. The van der Waals surface area contributed by atoms with Crippen LogP contribution in [0.1, 0.15) is 54.2 Å². The normalized spacial score (nSPS) is 13.0. The highest BCUT2D eigenvalue weighted by atomic mass is 32.2. The van der Waals surface area contributed by atoms with E-state index in [0.29, 0.717) is 26.2 Å². The lowest BCUT2D eigenvalue weighted by Crippen LogP contribution is -2.22. The van der Waals surface area contributed by atoms with Crippen LogP contribution in [0.2, 0.25) is 0 Å². The number of hydrogen-bond acceptors (Lipinski definition) is 6. The van der Waals surface area contributed by atoms with E-state index in [4.69, 9.17) is 0 Å². The lowest BCUT2D eigenvalue weighted by molar-refractivity contribution is -0.539. The van der Waals surface area contributed by atoms with Gasteiger partial charge in [-0.3, -0.25) is 9.11 Å². The molecule has 3 N–H and O–H groups in total. The lowest BCUT2D eigenvalue weighted by Gasteiger charge is -2.25. The highest BCUT2D eigenvalue weighted by Crippen LogP contribution is 2.35. The molecule has 1 aliphatic carbocycles. The van der Waals surface area contributed by atoms with Crippen LogP contribution in [0.3, 0.4) is 0 Å². The van der Waals surface area contributed by atoms with Crippen molar-refractivity contribution in [2.75, 3.05) is 29.9 Å². The monoisotopic (exact) mass is 740 g/mol. The summed E-state index contributed by atoms with van der Waals surface area (Å²) < 4.78 is 68.2. The molecule has 0 unspecified atom stereocenters. The molecular weight excluding hydrogens is 695 g/mol. The Bertz CT molecular complexity index is 2310. The quantitative estimate of drug-likeness (QED) is 0.0935. The molecule has 0 spiro atoms. The molecule has 0 amide bonds. The van der Waals surface area contributed by atoms with Gasteiger partial charge >= 0.3 is 0 Å². The summed E-state index contributed by atoms with van der Waals surface area (Å²) in [5.41, 5.74) is 11.1. The van der Waals surface area contributed by atoms with E-state index in [-0.39, 0.29) is 9.79 Å². The van der Waals surface area contributed by atoms with Crippen LogP contribution in [0.25, 0.3) is 5.57 Å². The van der Waals surface area contributed by atoms with Crippen LogP contribution in [-0.2, 0) is 33.3 Å². The summed E-state index contributed by atoms with van der Waals surface area (Å²) in [6, 6.07) is 25.6. The minimum atomic E-state index is -4.30. The van der Waals surface area contributed by atoms with Crippen LogP contribution in [0, 0.1) is 13.8 Å². The highest BCUT2D eigenvalue weighted by Gasteiger charge is 2.20. The van der Waals surface area contributed by atoms with Crippen molar-refractivity contribution in [1.82, 2.24) is 0 Å². The molecule has 272 valence electrons. The minimum absolute atomic E-state index is 0.123. The molecule has 0 saturated heterocycles. The first kappa shape index (κ1) is 38.4. The summed E-state index contributed by atoms with van der Waals surface area (Å²) in [6.07, 6.45) is 8.38. The van der Waals surface area contributed by atoms with Crippen LogP contribution in [0.5, 0.6) is 0 Å². The summed E-state index contributed by atoms with van der Waals surface area (Å²) in [5, 5.41) is 3.43. The molecule has 0 radical (unpaired) electrons. The van der Waals surface area contributed by atoms with E-state index in [0.717, 1.165) is 68.2 Å². The Morgan fingerprint density at radius 2 is 1.37 bits per heavy atom. The van der Waals surface area contributed by atoms with Gasteiger partial charge in [0.15, 0.2) is 12.3 Å². The average molecular weight is 741 g/mol. The Hall–Kier alpha value is -4.81. The standard InChI is InChI=1S/C41H45N3O6S2/c1-6-42-40-22-17-34(23-30(40)5)41(33-15-18-35(19-16-33)43(7-2)27-31-11-9-13-37(25-31)51(45,46)47)39-21-20-36(24-29(39)4)44(8-3)28-32-12-10-14-38(26-32)52(48,49)50/h9-26H,6-8,27-28H2,1-5H3,(H2,45,46,47,48,49,50)/p+1. The molecule has 0 aromatic heterocycles. The van der Waals surface area contributed by atoms with Gasteiger partial charge in [-0.15, -0.1) is 0 Å². The number of nitrogens with zero attached hydrogens (tertiary/aromatic N) is 2. The van der Waals surface area contributed by atoms with Gasteiger partial charge in [0, 0.05) is 48.7 Å². The molecule has 0 bridgehead atoms. The minimum Gasteiger partial charge on any atom is -0.385 e. The van der Waals surface area contributed by atoms with Crippen molar-refractivity contribution in [3.63, 3.8) is 0 Å². The Morgan fingerprint density at radius 3 is 1.92 bits per heavy atom. The largest absolute Gasteiger partial charge is 0.385 e. The smallest absolute Gasteiger partial charge is 0.294 e. The maximum atomic E-state index is 11.8. The van der Waals surface area contributed by atoms with Gasteiger partial charge in [0.2, 0.25) is 0 Å². The highest BCUT2D eigenvalue weighted by molar-refractivity contribution is 7.86. The SMILES string of the molecule is CCNc1ccc(C(=C2C=CC(=[N+](CC)Cc3cccc(S(=O)(=O)O)c3)C=C2)c2ccc(N(CC)Cc3cccc(S(=O)(=O)O)c3)cc2C)cc1C. The average Bonchev–Trinajstić information content (AvgIpc) is 3.11. The van der Waals surface area contributed by atoms with E-state index in [2.05, 4.69) is 103 Å². The first-order chi connectivity index (χ1) is 24.7. The van der Waals surface area contributed by atoms with Gasteiger partial charge in [-0.2, -0.15) is 16.8 Å². The van der Waals surface area contributed by atoms with Crippen LogP contribution in [0.15, 0.2) is 125 Å². The van der Waals surface area contributed by atoms with E-state index in [1.807, 2.05) is 19.1 Å². The third-order valence-electron chi connectivity index (χ3n) is 9.15. The number of hydrogen-bond donors (Lipinski definition) is 3. The van der Waals surface area contributed by atoms with Gasteiger partial charge < -0.3 is 10.2 Å². The van der Waals surface area contributed by atoms with Crippen LogP contribution in [0.4, 0.5) is 11.4 Å². The summed E-state index contributed by atoms with van der Waals surface area (Å²) in [6.45, 7) is 13.5. The second kappa shape index (κ2) is 16.2. The predicted molar refractivity (Wildman–Crippen MR) is 210 cm³/mol. The van der Waals surface area contributed by atoms with Gasteiger partial charge in [-0.05, 0) is 134 Å². The van der Waals surface area contributed by atoms with Gasteiger partial charge in [-0.1, -0.05) is 36.4 Å². The maximum Gasteiger partial charge on any atom is 0.294 e. The fraction of sp³-hybridized carbons (Fsp3) is 0.244. The molecular formula is C41H46N3O6S2+. The number of anilines is 2. The van der Waals surface area contributed by atoms with Crippen molar-refractivity contribution in [2.45, 2.75) is 57.5 Å². The molecule has 0 aliphatic heterocycles. The molecule has 9 nitrogen and oxygen atoms in total. The molecule has 0 fully saturated rings. The van der Waals surface area contributed by atoms with Crippen LogP contribution >= 0.6 is 0 Å². The molecule has 5 rings (SSSR count). The Morgan fingerprint density at radius 1 is 0.731 bits per heavy atom. The zero-order chi connectivity index (χ0) is 37.6. The number of nitrogens with one attached hydrogen (secondary N) is 1. The molecule has 0 atom stereocenters. The molecule has 11 heteroatoms. The molecule has 52 heavy (non-hydrogen) atoms. The Labute approximate surface area is 307 Å². The topological polar surface area (TPSA) is 127 Å². The van der Waals surface area contributed by atoms with Crippen molar-refractivity contribution in [1.29, 1.82) is 0 Å². The molecule has 0 saturated carbocycles. The molecule has 4 aromatic carbocycles. The van der Waals surface area contributed by atoms with E-state index >= 15 is 0 Å². The molecule has 0 heterocycles. The van der Waals surface area contributed by atoms with Crippen molar-refractivity contribution >= 4 is 42.9 Å². The summed E-state index contributed by atoms with van der Waals surface area (Å²) in [5.74, 6) is 0. The molecule has 4 aromatic rings. The fourth-order valence-electron chi connectivity index (χ4n) is 6.47. The van der Waals surface area contributed by atoms with Crippen molar-refractivity contribution in [3.05, 3.63) is 148 Å². The van der Waals surface area contributed by atoms with Crippen molar-refractivity contribution < 1.29 is 30.5 Å². The van der Waals surface area contributed by atoms with Gasteiger partial charge in [0.05, 0.1) is 9.79 Å². The summed E-state index contributed by atoms with van der Waals surface area (Å²) >= 11 is 0. The van der Waals surface area contributed by atoms with E-state index in [9.17, 15) is 25.9 Å². The van der Waals surface area contributed by atoms with Gasteiger partial charge in [0.1, 0.15) is 6.54 Å². The van der Waals surface area contributed by atoms with Crippen LogP contribution < -0.4 is 10.2 Å². The number of aryl methyl sites for hydroxylation is 2. The Kier molecular flexibility index (Phi) is 12.0. The third kappa shape index (κ3) is 9.15. The predicted octanol–water partition coefficient (Wildman–Crippen LogP) is 7.86. The summed E-state index contributed by atoms with van der Waals surface area (Å²) in [7, 11) is -8.60. The zero-order valence-corrected chi connectivity index (χ0v) is 31.8. The van der Waals surface area contributed by atoms with Crippen LogP contribution in [-0.4, -0.2) is 55.9 Å². The van der Waals surface area contributed by atoms with Crippen molar-refractivity contribution in [2.24, 2.45) is 0 Å². The summed E-state index contributed by atoms with van der Waals surface area (Å²) in [4.78, 5) is 1.91. The van der Waals surface area contributed by atoms with E-state index < -0.39 is 20.2 Å². The van der Waals surface area contributed by atoms with E-state index in [1.54, 1.807) is 12.1 Å². The third-order valence-corrected chi connectivity index (χ3v) is 10.9. The van der Waals surface area contributed by atoms with Crippen molar-refractivity contribution in [3.8, 4) is 0 Å². The number of allylic oxidation sites excluding steroid dienone is 5. The first-order valence-corrected chi connectivity index (χ1v) is 20.2. The zero-order valence-electron chi connectivity index (χ0n) is 30.2. The Balaban J connectivity index is 1.54. The van der Waals surface area contributed by atoms with Gasteiger partial charge in [0.25, 0.3) is 20.2 Å².